The summed E-state index contributed by atoms with van der Waals surface area (Å²) in [5.74, 6) is 0.290. The third-order valence-corrected chi connectivity index (χ3v) is 19.2. The van der Waals surface area contributed by atoms with Gasteiger partial charge in [-0.05, 0) is 216 Å². The van der Waals surface area contributed by atoms with E-state index < -0.39 is 72.1 Å². The number of benzene rings is 9. The third kappa shape index (κ3) is 37.0. The highest BCUT2D eigenvalue weighted by atomic mass is 35.5. The van der Waals surface area contributed by atoms with Crippen LogP contribution >= 0.6 is 35.7 Å². The van der Waals surface area contributed by atoms with Gasteiger partial charge in [0.25, 0.3) is 6.47 Å². The largest absolute Gasteiger partial charge is 0.569 e. The molecule has 1 saturated heterocycles. The molecule has 17 rings (SSSR count). The highest BCUT2D eigenvalue weighted by Gasteiger charge is 2.38. The zero-order valence-electron chi connectivity index (χ0n) is 78.2. The summed E-state index contributed by atoms with van der Waals surface area (Å²) in [5.41, 5.74) is 12.5. The lowest BCUT2D eigenvalue weighted by molar-refractivity contribution is -0.384. The highest BCUT2D eigenvalue weighted by Crippen LogP contribution is 2.35. The van der Waals surface area contributed by atoms with Crippen molar-refractivity contribution in [3.05, 3.63) is 384 Å². The second-order valence-corrected chi connectivity index (χ2v) is 30.7. The number of para-hydroxylation sites is 5. The SMILES string of the molecule is CC(C)(C)OC(=O)N1Cc2cn[nH]c2C1.CC1=NC2CNCC2N1C.Nc1nc(-c2ccc(F)cc2)ccc1[N+](=O)[O-].Nc1nc(Cl)ccc1[N+](=O)[O-].O=C(Cl)Oc1ccccc1.O=C(Nc1nc(-c2ccc(F)cc2)ccc1[N+](=O)[O-])Oc1ccccc1.O=C(Oc1ccccc1)N(C(=O)Oc1ccccc1)c1nc(-c2ccc(F)cc2)ccc1[N+](=O)[O-].O=COc1ccccc1.O[B]Oc1ccc(F)cc1.[2H]SC. The zero-order valence-corrected chi connectivity index (χ0v) is 79.5. The first-order valence-electron chi connectivity index (χ1n) is 42.6. The molecule has 48 heteroatoms. The molecular weight excluding hydrogens is 1960 g/mol. The number of ether oxygens (including phenoxy) is 6. The molecule has 40 nitrogen and oxygen atoms in total. The lowest BCUT2D eigenvalue weighted by Crippen LogP contribution is -2.42. The van der Waals surface area contributed by atoms with Gasteiger partial charge in [0.2, 0.25) is 23.3 Å². The van der Waals surface area contributed by atoms with E-state index in [1.165, 1.54) is 170 Å². The van der Waals surface area contributed by atoms with E-state index in [0.717, 1.165) is 42.9 Å². The Morgan fingerprint density at radius 1 is 0.545 bits per heavy atom. The summed E-state index contributed by atoms with van der Waals surface area (Å²) in [7, 11) is 2.67. The van der Waals surface area contributed by atoms with Crippen molar-refractivity contribution in [2.45, 2.75) is 58.5 Å². The Hall–Kier alpha value is -17.9. The Morgan fingerprint density at radius 2 is 0.945 bits per heavy atom. The van der Waals surface area contributed by atoms with Gasteiger partial charge < -0.3 is 59.8 Å². The number of amides is 4. The molecule has 0 saturated carbocycles. The molecule has 5 aromatic heterocycles. The van der Waals surface area contributed by atoms with Crippen molar-refractivity contribution in [2.24, 2.45) is 4.99 Å². The molecule has 14 aromatic rings. The number of aromatic nitrogens is 6. The quantitative estimate of drug-likeness (QED) is 0.00650. The van der Waals surface area contributed by atoms with Crippen LogP contribution in [-0.4, -0.2) is 160 Å². The molecule has 1 fully saturated rings. The number of nitrogen functional groups attached to an aromatic ring is 2. The van der Waals surface area contributed by atoms with Gasteiger partial charge in [-0.25, -0.2) is 61.5 Å². The summed E-state index contributed by atoms with van der Waals surface area (Å²) in [6.07, 6.45) is -0.275. The lowest BCUT2D eigenvalue weighted by atomic mass is 10.1. The smallest absolute Gasteiger partial charge is 0.537 e. The zero-order chi connectivity index (χ0) is 106. The maximum Gasteiger partial charge on any atom is 0.569 e. The maximum absolute atomic E-state index is 13.4. The standard InChI is InChI=1S/C25H16FN3O6.C18H12FN3O4.C11H8FN3O2.C10H15N3O2.C7H5ClO2.C7H13N3.C7H6O2.C6H5BFO2.C5H4ClN3O2.CH4S/c26-18-13-11-17(12-14-18)21-15-16-22(29(32)33)23(27-21)28(24(30)34-19-7-3-1-4-8-19)25(31)35-20-9-5-2-6-10-20;19-13-8-6-12(7-9-13)15-10-11-16(22(24)25)17(20-15)21-18(23)26-14-4-2-1-3-5-14;12-8-3-1-7(2-4-8)9-5-6-10(15(16)17)11(13)14-9;1-10(2,3)15-9(14)13-5-7-4-11-12-8(7)6-13;8-7(9)10-6-4-2-1-3-5-6;1-5-9-6-3-8-4-7(6)10(5)2;8-6-9-7-4-2-1-3-5-7;8-5-1-3-6(4-2-5)10-7-9;6-4-2-1-3(9(10)11)5(7)8-4;1-2/h1-16H;1-11H,(H,20,21,23);1-6H,(H2,13,14);4H,5-6H2,1-3H3,(H,11,12);1-5H;6-8H,3-4H2,1-2H3;1-6H;1-4,9H;1-2H,(H2,7,8);2H,1H3/i/hD. The number of nitrogens with one attached hydrogen (secondary N) is 3. The van der Waals surface area contributed by atoms with Crippen LogP contribution < -0.4 is 55.3 Å². The first-order valence-corrected chi connectivity index (χ1v) is 43.8. The fourth-order valence-corrected chi connectivity index (χ4v) is 12.5. The van der Waals surface area contributed by atoms with E-state index in [1.54, 1.807) is 133 Å². The molecule has 1 radical (unpaired) electrons. The van der Waals surface area contributed by atoms with Crippen LogP contribution in [0.15, 0.2) is 308 Å². The topological polar surface area (TPSA) is 538 Å². The summed E-state index contributed by atoms with van der Waals surface area (Å²) in [5, 5.41) is 64.3. The Labute approximate surface area is 840 Å². The number of imide groups is 1. The number of fused-ring (bicyclic) bond motifs is 2. The molecule has 0 spiro atoms. The van der Waals surface area contributed by atoms with Crippen molar-refractivity contribution < 1.29 is 104 Å². The van der Waals surface area contributed by atoms with Gasteiger partial charge in [0.05, 0.1) is 79.7 Å². The Morgan fingerprint density at radius 3 is 1.35 bits per heavy atom. The van der Waals surface area contributed by atoms with Crippen molar-refractivity contribution in [3.8, 4) is 68.3 Å². The summed E-state index contributed by atoms with van der Waals surface area (Å²) in [6, 6.07) is 74.5. The molecule has 3 aliphatic heterocycles. The molecule has 2 unspecified atom stereocenters. The van der Waals surface area contributed by atoms with Crippen LogP contribution in [0.4, 0.5) is 87.6 Å². The Bertz CT molecular complexity index is 6650. The number of nitrogens with zero attached hydrogens (tertiary/aromatic N) is 13. The number of hydrogen-bond donors (Lipinski definition) is 7. The normalized spacial score (nSPS) is 12.3. The van der Waals surface area contributed by atoms with Gasteiger partial charge in [-0.1, -0.05) is 103 Å². The van der Waals surface area contributed by atoms with E-state index in [2.05, 4.69) is 78.8 Å². The van der Waals surface area contributed by atoms with Crippen LogP contribution in [0, 0.1) is 63.7 Å². The lowest BCUT2D eigenvalue weighted by Gasteiger charge is -2.24. The van der Waals surface area contributed by atoms with Crippen LogP contribution in [-0.2, 0) is 22.6 Å². The number of nitro groups is 4. The maximum atomic E-state index is 13.4. The molecule has 8 heterocycles. The molecule has 3 aliphatic rings. The van der Waals surface area contributed by atoms with E-state index in [-0.39, 0.29) is 80.3 Å². The van der Waals surface area contributed by atoms with E-state index in [4.69, 9.17) is 59.8 Å². The molecular formula is C97H88BCl2F4N18O22S. The monoisotopic (exact) mass is 2050 g/mol. The number of pyridine rings is 4. The molecule has 4 amide bonds. The first kappa shape index (κ1) is 111. The van der Waals surface area contributed by atoms with Gasteiger partial charge in [-0.2, -0.15) is 22.5 Å². The molecule has 2 atom stereocenters. The van der Waals surface area contributed by atoms with Crippen LogP contribution in [0.3, 0.4) is 0 Å². The Kier molecular flexibility index (Phi) is 43.5. The predicted molar refractivity (Wildman–Crippen MR) is 534 cm³/mol. The van der Waals surface area contributed by atoms with Crippen molar-refractivity contribution in [2.75, 3.05) is 48.1 Å². The average molecular weight is 2050 g/mol. The van der Waals surface area contributed by atoms with Gasteiger partial charge in [0.15, 0.2) is 0 Å². The third-order valence-electron chi connectivity index (χ3n) is 18.9. The van der Waals surface area contributed by atoms with Crippen LogP contribution in [0.25, 0.3) is 33.8 Å². The number of carbonyl (C=O) groups excluding carboxylic acids is 6. The fraction of sp³-hybridized carbons (Fsp3) is 0.134. The van der Waals surface area contributed by atoms with E-state index in [0.29, 0.717) is 89.6 Å². The van der Waals surface area contributed by atoms with E-state index in [9.17, 15) is 86.8 Å². The number of amidine groups is 1. The predicted octanol–water partition coefficient (Wildman–Crippen LogP) is 20.3. The minimum atomic E-state index is -1.27. The molecule has 8 N–H and O–H groups in total. The number of rotatable bonds is 17. The van der Waals surface area contributed by atoms with Crippen LogP contribution in [0.1, 0.15) is 39.0 Å². The molecule has 0 bridgehead atoms. The summed E-state index contributed by atoms with van der Waals surface area (Å²) in [6.45, 7) is 11.4. The van der Waals surface area contributed by atoms with Crippen molar-refractivity contribution in [3.63, 3.8) is 0 Å². The number of nitrogens with two attached hydrogens (primary N) is 2. The van der Waals surface area contributed by atoms with Gasteiger partial charge in [-0.15, -0.1) is 0 Å². The number of hydrogen-bond acceptors (Lipinski definition) is 33. The average Bonchev–Trinajstić information content (AvgIpc) is 1.17. The number of aromatic amines is 1. The molecule has 145 heavy (non-hydrogen) atoms. The number of aliphatic imine (C=N–C) groups is 1. The highest BCUT2D eigenvalue weighted by molar-refractivity contribution is 7.79. The molecule has 9 aromatic carbocycles. The number of carbonyl (C=O) groups is 6. The van der Waals surface area contributed by atoms with Gasteiger partial charge in [0, 0.05) is 78.3 Å². The van der Waals surface area contributed by atoms with Crippen molar-refractivity contribution in [1.82, 2.24) is 45.2 Å². The Balaban J connectivity index is 0.000000208. The number of halogens is 6. The minimum Gasteiger partial charge on any atom is -0.537 e. The van der Waals surface area contributed by atoms with Crippen molar-refractivity contribution >= 4 is 132 Å². The van der Waals surface area contributed by atoms with Gasteiger partial charge >= 0.3 is 60.2 Å². The summed E-state index contributed by atoms with van der Waals surface area (Å²) in [4.78, 5) is 135. The first-order chi connectivity index (χ1) is 69.8. The van der Waals surface area contributed by atoms with Gasteiger partial charge in [-0.3, -0.25) is 65.6 Å². The number of H-pyrrole nitrogens is 1. The second-order valence-electron chi connectivity index (χ2n) is 30.0. The van der Waals surface area contributed by atoms with Crippen LogP contribution in [0.5, 0.6) is 34.5 Å². The molecule has 0 aliphatic carbocycles. The number of thiol groups is 1. The van der Waals surface area contributed by atoms with Crippen LogP contribution in [0.2, 0.25) is 5.15 Å². The fourth-order valence-electron chi connectivity index (χ4n) is 12.2. The van der Waals surface area contributed by atoms with Gasteiger partial charge in [0.1, 0.15) is 69.6 Å². The number of anilines is 4. The van der Waals surface area contributed by atoms with E-state index >= 15 is 0 Å². The summed E-state index contributed by atoms with van der Waals surface area (Å²) < 4.78 is 91.9. The molecule has 749 valence electrons. The number of likely N-dealkylation sites (N-methyl/N-ethyl adjacent to an activating group) is 1. The van der Waals surface area contributed by atoms with E-state index in [1.807, 2.05) is 32.9 Å². The minimum absolute atomic E-state index is 0.0901. The second kappa shape index (κ2) is 57.0. The van der Waals surface area contributed by atoms with Crippen molar-refractivity contribution in [1.29, 1.82) is 1.12 Å². The summed E-state index contributed by atoms with van der Waals surface area (Å²) >= 11 is 11.4.